The molecule has 0 aliphatic heterocycles. The van der Waals surface area contributed by atoms with Gasteiger partial charge in [0, 0.05) is 20.6 Å². The zero-order valence-corrected chi connectivity index (χ0v) is 18.3. The number of amides is 1. The molecule has 0 aliphatic carbocycles. The maximum atomic E-state index is 13.2. The minimum absolute atomic E-state index is 0.0138. The molecule has 0 N–H and O–H groups in total. The van der Waals surface area contributed by atoms with E-state index in [4.69, 9.17) is 11.6 Å². The first-order chi connectivity index (χ1) is 14.6. The molecule has 9 heteroatoms. The van der Waals surface area contributed by atoms with Crippen molar-refractivity contribution in [3.8, 4) is 0 Å². The number of hydrogen-bond donors (Lipinski definition) is 0. The van der Waals surface area contributed by atoms with Crippen molar-refractivity contribution in [2.45, 2.75) is 11.4 Å². The van der Waals surface area contributed by atoms with E-state index in [1.807, 2.05) is 0 Å². The van der Waals surface area contributed by atoms with E-state index < -0.39 is 21.7 Å². The Morgan fingerprint density at radius 1 is 0.903 bits per heavy atom. The van der Waals surface area contributed by atoms with Crippen LogP contribution in [0.1, 0.15) is 15.9 Å². The van der Waals surface area contributed by atoms with E-state index in [2.05, 4.69) is 0 Å². The van der Waals surface area contributed by atoms with Crippen LogP contribution in [0, 0.1) is 11.6 Å². The Morgan fingerprint density at radius 2 is 1.45 bits per heavy atom. The Balaban J connectivity index is 1.88. The fourth-order valence-corrected chi connectivity index (χ4v) is 4.34. The van der Waals surface area contributed by atoms with Crippen LogP contribution in [-0.2, 0) is 16.6 Å². The third-order valence-corrected chi connectivity index (χ3v) is 6.81. The maximum absolute atomic E-state index is 13.2. The SMILES string of the molecule is CN(Cc1ccc(F)cc1)C(=O)c1cc(S(=O)(=O)N(C)c2ccc(F)cc2)ccc1Cl. The topological polar surface area (TPSA) is 57.7 Å². The molecule has 0 aliphatic rings. The van der Waals surface area contributed by atoms with Gasteiger partial charge in [-0.05, 0) is 60.2 Å². The first-order valence-electron chi connectivity index (χ1n) is 9.13. The predicted octanol–water partition coefficient (Wildman–Crippen LogP) is 4.72. The van der Waals surface area contributed by atoms with Gasteiger partial charge in [0.25, 0.3) is 15.9 Å². The first kappa shape index (κ1) is 22.7. The number of sulfonamides is 1. The van der Waals surface area contributed by atoms with Gasteiger partial charge in [0.15, 0.2) is 0 Å². The van der Waals surface area contributed by atoms with Gasteiger partial charge in [-0.3, -0.25) is 9.10 Å². The van der Waals surface area contributed by atoms with Gasteiger partial charge in [-0.25, -0.2) is 17.2 Å². The van der Waals surface area contributed by atoms with Gasteiger partial charge in [0.05, 0.1) is 21.2 Å². The highest BCUT2D eigenvalue weighted by molar-refractivity contribution is 7.92. The van der Waals surface area contributed by atoms with Gasteiger partial charge < -0.3 is 4.90 Å². The number of rotatable bonds is 6. The summed E-state index contributed by atoms with van der Waals surface area (Å²) < 4.78 is 53.3. The summed E-state index contributed by atoms with van der Waals surface area (Å²) in [6, 6.07) is 14.5. The fraction of sp³-hybridized carbons (Fsp3) is 0.136. The van der Waals surface area contributed by atoms with Gasteiger partial charge in [0.2, 0.25) is 0 Å². The fourth-order valence-electron chi connectivity index (χ4n) is 2.92. The Hall–Kier alpha value is -2.97. The second kappa shape index (κ2) is 9.03. The van der Waals surface area contributed by atoms with E-state index in [1.165, 1.54) is 61.5 Å². The van der Waals surface area contributed by atoms with Crippen molar-refractivity contribution in [2.75, 3.05) is 18.4 Å². The number of benzene rings is 3. The first-order valence-corrected chi connectivity index (χ1v) is 11.0. The second-order valence-electron chi connectivity index (χ2n) is 6.88. The lowest BCUT2D eigenvalue weighted by Gasteiger charge is -2.21. The van der Waals surface area contributed by atoms with E-state index in [1.54, 1.807) is 12.1 Å². The summed E-state index contributed by atoms with van der Waals surface area (Å²) in [7, 11) is -1.16. The van der Waals surface area contributed by atoms with Crippen molar-refractivity contribution < 1.29 is 22.0 Å². The highest BCUT2D eigenvalue weighted by atomic mass is 35.5. The molecule has 0 atom stereocenters. The zero-order chi connectivity index (χ0) is 22.8. The molecule has 3 rings (SSSR count). The molecule has 3 aromatic rings. The van der Waals surface area contributed by atoms with Crippen LogP contribution >= 0.6 is 11.6 Å². The van der Waals surface area contributed by atoms with E-state index in [-0.39, 0.29) is 33.5 Å². The van der Waals surface area contributed by atoms with Crippen LogP contribution in [0.3, 0.4) is 0 Å². The molecule has 0 aromatic heterocycles. The second-order valence-corrected chi connectivity index (χ2v) is 9.25. The summed E-state index contributed by atoms with van der Waals surface area (Å²) in [4.78, 5) is 14.1. The van der Waals surface area contributed by atoms with E-state index >= 15 is 0 Å². The standard InChI is InChI=1S/C22H19ClF2N2O3S/c1-26(14-15-3-5-16(24)6-4-15)22(28)20-13-19(11-12-21(20)23)31(29,30)27(2)18-9-7-17(25)8-10-18/h3-13H,14H2,1-2H3. The van der Waals surface area contributed by atoms with Crippen molar-refractivity contribution >= 4 is 33.2 Å². The average Bonchev–Trinajstić information content (AvgIpc) is 2.75. The molecule has 0 fully saturated rings. The lowest BCUT2D eigenvalue weighted by molar-refractivity contribution is 0.0785. The molecule has 0 saturated heterocycles. The molecule has 0 heterocycles. The largest absolute Gasteiger partial charge is 0.337 e. The Kier molecular flexibility index (Phi) is 6.62. The van der Waals surface area contributed by atoms with Gasteiger partial charge in [0.1, 0.15) is 11.6 Å². The quantitative estimate of drug-likeness (QED) is 0.530. The molecule has 0 spiro atoms. The molecule has 5 nitrogen and oxygen atoms in total. The molecule has 0 radical (unpaired) electrons. The van der Waals surface area contributed by atoms with Gasteiger partial charge in [-0.1, -0.05) is 23.7 Å². The molecule has 3 aromatic carbocycles. The van der Waals surface area contributed by atoms with Crippen LogP contribution in [0.25, 0.3) is 0 Å². The van der Waals surface area contributed by atoms with Crippen LogP contribution in [0.2, 0.25) is 5.02 Å². The summed E-state index contributed by atoms with van der Waals surface area (Å²) in [6.45, 7) is 0.182. The molecule has 162 valence electrons. The summed E-state index contributed by atoms with van der Waals surface area (Å²) in [5.41, 5.74) is 0.978. The van der Waals surface area contributed by atoms with Gasteiger partial charge in [-0.2, -0.15) is 0 Å². The highest BCUT2D eigenvalue weighted by Crippen LogP contribution is 2.27. The van der Waals surface area contributed by atoms with Crippen LogP contribution in [0.15, 0.2) is 71.6 Å². The maximum Gasteiger partial charge on any atom is 0.264 e. The Bertz CT molecular complexity index is 1200. The summed E-state index contributed by atoms with van der Waals surface area (Å²) in [5, 5.41) is 0.0966. The molecular formula is C22H19ClF2N2O3S. The van der Waals surface area contributed by atoms with E-state index in [9.17, 15) is 22.0 Å². The lowest BCUT2D eigenvalue weighted by Crippen LogP contribution is -2.28. The van der Waals surface area contributed by atoms with Gasteiger partial charge in [-0.15, -0.1) is 0 Å². The Labute approximate surface area is 184 Å². The van der Waals surface area contributed by atoms with Crippen LogP contribution in [0.4, 0.5) is 14.5 Å². The lowest BCUT2D eigenvalue weighted by atomic mass is 10.1. The smallest absolute Gasteiger partial charge is 0.264 e. The number of nitrogens with zero attached hydrogens (tertiary/aromatic N) is 2. The van der Waals surface area contributed by atoms with Gasteiger partial charge >= 0.3 is 0 Å². The summed E-state index contributed by atoms with van der Waals surface area (Å²) in [5.74, 6) is -1.36. The average molecular weight is 465 g/mol. The highest BCUT2D eigenvalue weighted by Gasteiger charge is 2.25. The third kappa shape index (κ3) is 5.03. The Morgan fingerprint density at radius 3 is 2.03 bits per heavy atom. The van der Waals surface area contributed by atoms with E-state index in [0.29, 0.717) is 5.56 Å². The minimum Gasteiger partial charge on any atom is -0.337 e. The van der Waals surface area contributed by atoms with Crippen LogP contribution < -0.4 is 4.31 Å². The molecular weight excluding hydrogens is 446 g/mol. The van der Waals surface area contributed by atoms with Crippen molar-refractivity contribution in [2.24, 2.45) is 0 Å². The summed E-state index contributed by atoms with van der Waals surface area (Å²) in [6.07, 6.45) is 0. The number of halogens is 3. The molecule has 0 bridgehead atoms. The minimum atomic E-state index is -4.03. The molecule has 0 unspecified atom stereocenters. The number of carbonyl (C=O) groups excluding carboxylic acids is 1. The van der Waals surface area contributed by atoms with Crippen LogP contribution in [-0.4, -0.2) is 33.3 Å². The van der Waals surface area contributed by atoms with Crippen molar-refractivity contribution in [1.82, 2.24) is 4.90 Å². The number of hydrogen-bond acceptors (Lipinski definition) is 3. The number of anilines is 1. The third-order valence-electron chi connectivity index (χ3n) is 4.70. The molecule has 31 heavy (non-hydrogen) atoms. The predicted molar refractivity (Wildman–Crippen MR) is 116 cm³/mol. The van der Waals surface area contributed by atoms with Crippen molar-refractivity contribution in [1.29, 1.82) is 0 Å². The summed E-state index contributed by atoms with van der Waals surface area (Å²) >= 11 is 6.18. The zero-order valence-electron chi connectivity index (χ0n) is 16.7. The van der Waals surface area contributed by atoms with Crippen LogP contribution in [0.5, 0.6) is 0 Å². The van der Waals surface area contributed by atoms with Crippen molar-refractivity contribution in [3.05, 3.63) is 94.5 Å². The normalized spacial score (nSPS) is 11.3. The number of carbonyl (C=O) groups is 1. The van der Waals surface area contributed by atoms with E-state index in [0.717, 1.165) is 16.4 Å². The monoisotopic (exact) mass is 464 g/mol. The van der Waals surface area contributed by atoms with Crippen molar-refractivity contribution in [3.63, 3.8) is 0 Å². The molecule has 1 amide bonds. The molecule has 0 saturated carbocycles.